The van der Waals surface area contributed by atoms with Gasteiger partial charge in [0, 0.05) is 17.1 Å². The Labute approximate surface area is 324 Å². The molecule has 0 aliphatic carbocycles. The molecule has 1 aliphatic rings. The molecule has 1 saturated heterocycles. The van der Waals surface area contributed by atoms with Crippen LogP contribution in [0.3, 0.4) is 0 Å². The van der Waals surface area contributed by atoms with E-state index in [9.17, 15) is 0 Å². The summed E-state index contributed by atoms with van der Waals surface area (Å²) in [6.07, 6.45) is 9.62. The van der Waals surface area contributed by atoms with Crippen molar-refractivity contribution in [2.24, 2.45) is 0 Å². The van der Waals surface area contributed by atoms with Crippen molar-refractivity contribution < 1.29 is 18.8 Å². The van der Waals surface area contributed by atoms with E-state index in [0.29, 0.717) is 0 Å². The number of ether oxygens (including phenoxy) is 2. The SMILES string of the molecule is CCCCCCOc1ccc(-c2ccc(N(c3ccc(B4OC(C)(C)C(C)(C)O4)cc3)c3ccc(-c4ccc(OCCCCCC)cc4)cc3)cc2)cc1. The van der Waals surface area contributed by atoms with Crippen LogP contribution >= 0.6 is 0 Å². The van der Waals surface area contributed by atoms with E-state index in [1.807, 2.05) is 0 Å². The minimum Gasteiger partial charge on any atom is -0.494 e. The van der Waals surface area contributed by atoms with E-state index in [0.717, 1.165) is 82.3 Å². The van der Waals surface area contributed by atoms with Gasteiger partial charge in [0.15, 0.2) is 0 Å². The number of benzene rings is 5. The lowest BCUT2D eigenvalue weighted by atomic mass is 9.79. The van der Waals surface area contributed by atoms with Gasteiger partial charge in [0.1, 0.15) is 11.5 Å². The summed E-state index contributed by atoms with van der Waals surface area (Å²) in [6, 6.07) is 43.0. The van der Waals surface area contributed by atoms with Crippen LogP contribution in [0.2, 0.25) is 0 Å². The van der Waals surface area contributed by atoms with Gasteiger partial charge in [-0.1, -0.05) is 113 Å². The maximum Gasteiger partial charge on any atom is 0.494 e. The Balaban J connectivity index is 1.21. The molecule has 6 rings (SSSR count). The van der Waals surface area contributed by atoms with Crippen LogP contribution in [0.25, 0.3) is 22.3 Å². The third-order valence-electron chi connectivity index (χ3n) is 10.8. The Morgan fingerprint density at radius 3 is 1.13 bits per heavy atom. The van der Waals surface area contributed by atoms with Gasteiger partial charge in [-0.15, -0.1) is 0 Å². The average Bonchev–Trinajstić information content (AvgIpc) is 3.41. The fourth-order valence-electron chi connectivity index (χ4n) is 6.74. The van der Waals surface area contributed by atoms with Gasteiger partial charge in [-0.25, -0.2) is 0 Å². The highest BCUT2D eigenvalue weighted by Crippen LogP contribution is 2.39. The molecule has 5 aromatic carbocycles. The predicted octanol–water partition coefficient (Wildman–Crippen LogP) is 12.7. The molecule has 0 aromatic heterocycles. The van der Waals surface area contributed by atoms with Gasteiger partial charge in [0.2, 0.25) is 0 Å². The number of hydrogen-bond acceptors (Lipinski definition) is 5. The van der Waals surface area contributed by atoms with Crippen LogP contribution in [0.4, 0.5) is 17.1 Å². The van der Waals surface area contributed by atoms with E-state index >= 15 is 0 Å². The highest BCUT2D eigenvalue weighted by Gasteiger charge is 2.51. The van der Waals surface area contributed by atoms with E-state index in [2.05, 4.69) is 168 Å². The van der Waals surface area contributed by atoms with Crippen molar-refractivity contribution in [3.8, 4) is 33.8 Å². The third kappa shape index (κ3) is 9.77. The minimum absolute atomic E-state index is 0.394. The lowest BCUT2D eigenvalue weighted by Gasteiger charge is -2.32. The summed E-state index contributed by atoms with van der Waals surface area (Å²) >= 11 is 0. The molecule has 0 N–H and O–H groups in total. The molecular formula is C48H58BNO4. The van der Waals surface area contributed by atoms with Gasteiger partial charge in [-0.3, -0.25) is 0 Å². The van der Waals surface area contributed by atoms with E-state index < -0.39 is 18.3 Å². The number of anilines is 3. The maximum absolute atomic E-state index is 6.36. The fraction of sp³-hybridized carbons (Fsp3) is 0.375. The molecule has 0 spiro atoms. The van der Waals surface area contributed by atoms with Gasteiger partial charge in [0.05, 0.1) is 24.4 Å². The van der Waals surface area contributed by atoms with Gasteiger partial charge < -0.3 is 23.7 Å². The van der Waals surface area contributed by atoms with Crippen LogP contribution in [0.5, 0.6) is 11.5 Å². The zero-order valence-corrected chi connectivity index (χ0v) is 33.3. The van der Waals surface area contributed by atoms with Crippen molar-refractivity contribution in [1.82, 2.24) is 0 Å². The molecule has 0 saturated carbocycles. The standard InChI is InChI=1S/C48H58BNO4/c1-7-9-11-13-35-51-45-31-19-39(20-32-45)37-15-25-42(26-16-37)50(44-29-23-41(24-30-44)49-53-47(3,4)48(5,6)54-49)43-27-17-38(18-28-43)40-21-33-46(34-22-40)52-36-14-12-10-8-2/h15-34H,7-14,35-36H2,1-6H3. The van der Waals surface area contributed by atoms with Crippen molar-refractivity contribution in [2.75, 3.05) is 18.1 Å². The molecule has 5 aromatic rings. The van der Waals surface area contributed by atoms with E-state index in [-0.39, 0.29) is 0 Å². The maximum atomic E-state index is 6.36. The molecule has 0 amide bonds. The predicted molar refractivity (Wildman–Crippen MR) is 227 cm³/mol. The first-order valence-corrected chi connectivity index (χ1v) is 20.1. The van der Waals surface area contributed by atoms with Crippen LogP contribution < -0.4 is 19.8 Å². The largest absolute Gasteiger partial charge is 0.494 e. The van der Waals surface area contributed by atoms with E-state index in [1.54, 1.807) is 0 Å². The van der Waals surface area contributed by atoms with E-state index in [4.69, 9.17) is 18.8 Å². The van der Waals surface area contributed by atoms with Crippen molar-refractivity contribution in [3.63, 3.8) is 0 Å². The van der Waals surface area contributed by atoms with Gasteiger partial charge in [-0.2, -0.15) is 0 Å². The topological polar surface area (TPSA) is 40.2 Å². The molecular weight excluding hydrogens is 665 g/mol. The second-order valence-corrected chi connectivity index (χ2v) is 15.5. The van der Waals surface area contributed by atoms with Crippen LogP contribution in [-0.2, 0) is 9.31 Å². The smallest absolute Gasteiger partial charge is 0.494 e. The van der Waals surface area contributed by atoms with Gasteiger partial charge in [0.25, 0.3) is 0 Å². The molecule has 1 aliphatic heterocycles. The Kier molecular flexibility index (Phi) is 13.2. The lowest BCUT2D eigenvalue weighted by Crippen LogP contribution is -2.41. The molecule has 282 valence electrons. The lowest BCUT2D eigenvalue weighted by molar-refractivity contribution is 0.00578. The Bertz CT molecular complexity index is 1750. The molecule has 0 unspecified atom stereocenters. The first-order valence-electron chi connectivity index (χ1n) is 20.1. The highest BCUT2D eigenvalue weighted by molar-refractivity contribution is 6.62. The fourth-order valence-corrected chi connectivity index (χ4v) is 6.74. The molecule has 54 heavy (non-hydrogen) atoms. The van der Waals surface area contributed by atoms with Crippen molar-refractivity contribution in [3.05, 3.63) is 121 Å². The molecule has 5 nitrogen and oxygen atoms in total. The quantitative estimate of drug-likeness (QED) is 0.0665. The Morgan fingerprint density at radius 2 is 0.778 bits per heavy atom. The van der Waals surface area contributed by atoms with Crippen molar-refractivity contribution in [1.29, 1.82) is 0 Å². The second-order valence-electron chi connectivity index (χ2n) is 15.5. The van der Waals surface area contributed by atoms with Crippen LogP contribution in [-0.4, -0.2) is 31.5 Å². The summed E-state index contributed by atoms with van der Waals surface area (Å²) in [5.74, 6) is 1.85. The normalized spacial score (nSPS) is 14.6. The first-order chi connectivity index (χ1) is 26.2. The number of hydrogen-bond donors (Lipinski definition) is 0. The zero-order valence-electron chi connectivity index (χ0n) is 33.3. The Hall–Kier alpha value is -4.52. The Morgan fingerprint density at radius 1 is 0.444 bits per heavy atom. The highest BCUT2D eigenvalue weighted by atomic mass is 16.7. The van der Waals surface area contributed by atoms with Crippen molar-refractivity contribution >= 4 is 29.6 Å². The molecule has 0 atom stereocenters. The molecule has 1 fully saturated rings. The minimum atomic E-state index is -0.410. The third-order valence-corrected chi connectivity index (χ3v) is 10.8. The summed E-state index contributed by atoms with van der Waals surface area (Å²) in [6.45, 7) is 14.4. The molecule has 1 heterocycles. The first kappa shape index (κ1) is 39.2. The van der Waals surface area contributed by atoms with Crippen LogP contribution in [0.15, 0.2) is 121 Å². The average molecular weight is 724 g/mol. The molecule has 0 radical (unpaired) electrons. The van der Waals surface area contributed by atoms with E-state index in [1.165, 1.54) is 38.5 Å². The number of rotatable bonds is 18. The zero-order chi connectivity index (χ0) is 38.0. The monoisotopic (exact) mass is 723 g/mol. The summed E-state index contributed by atoms with van der Waals surface area (Å²) in [7, 11) is -0.410. The summed E-state index contributed by atoms with van der Waals surface area (Å²) < 4.78 is 24.7. The van der Waals surface area contributed by atoms with Gasteiger partial charge in [-0.05, 0) is 129 Å². The van der Waals surface area contributed by atoms with Crippen LogP contribution in [0, 0.1) is 0 Å². The number of nitrogens with zero attached hydrogens (tertiary/aromatic N) is 1. The summed E-state index contributed by atoms with van der Waals surface area (Å²) in [5.41, 5.74) is 8.06. The van der Waals surface area contributed by atoms with Crippen molar-refractivity contribution in [2.45, 2.75) is 104 Å². The molecule has 0 bridgehead atoms. The molecule has 6 heteroatoms. The summed E-state index contributed by atoms with van der Waals surface area (Å²) in [5, 5.41) is 0. The summed E-state index contributed by atoms with van der Waals surface area (Å²) in [4.78, 5) is 2.30. The van der Waals surface area contributed by atoms with Crippen LogP contribution in [0.1, 0.15) is 92.9 Å². The number of unbranched alkanes of at least 4 members (excludes halogenated alkanes) is 6. The second kappa shape index (κ2) is 18.2. The van der Waals surface area contributed by atoms with Gasteiger partial charge >= 0.3 is 7.12 Å².